The second-order valence-corrected chi connectivity index (χ2v) is 5.59. The van der Waals surface area contributed by atoms with E-state index in [1.54, 1.807) is 0 Å². The van der Waals surface area contributed by atoms with Gasteiger partial charge in [0.15, 0.2) is 0 Å². The third kappa shape index (κ3) is 1.89. The highest BCUT2D eigenvalue weighted by molar-refractivity contribution is 5.39. The zero-order chi connectivity index (χ0) is 11.8. The Morgan fingerprint density at radius 1 is 1.38 bits per heavy atom. The highest BCUT2D eigenvalue weighted by atomic mass is 16.3. The summed E-state index contributed by atoms with van der Waals surface area (Å²) in [5.41, 5.74) is 3.06. The number of rotatable bonds is 2. The predicted octanol–water partition coefficient (Wildman–Crippen LogP) is 3.61. The maximum absolute atomic E-state index is 10.1. The van der Waals surface area contributed by atoms with E-state index in [9.17, 15) is 5.11 Å². The van der Waals surface area contributed by atoms with Gasteiger partial charge in [0.25, 0.3) is 0 Å². The van der Waals surface area contributed by atoms with Gasteiger partial charge in [-0.25, -0.2) is 0 Å². The van der Waals surface area contributed by atoms with Crippen molar-refractivity contribution in [2.45, 2.75) is 57.5 Å². The van der Waals surface area contributed by atoms with Crippen molar-refractivity contribution in [1.29, 1.82) is 0 Å². The SMILES string of the molecule is CCC(O)C1CCC(C)(C)c2ccccc21. The van der Waals surface area contributed by atoms with Crippen LogP contribution in [0.15, 0.2) is 24.3 Å². The molecular formula is C15H22O. The maximum Gasteiger partial charge on any atom is 0.0606 e. The smallest absolute Gasteiger partial charge is 0.0606 e. The standard InChI is InChI=1S/C15H22O/c1-4-14(16)12-9-10-15(2,3)13-8-6-5-7-11(12)13/h5-8,12,14,16H,4,9-10H2,1-3H3. The average Bonchev–Trinajstić information content (AvgIpc) is 2.28. The van der Waals surface area contributed by atoms with Crippen LogP contribution in [0.2, 0.25) is 0 Å². The second kappa shape index (κ2) is 4.21. The van der Waals surface area contributed by atoms with Gasteiger partial charge in [0.1, 0.15) is 0 Å². The molecule has 0 bridgehead atoms. The van der Waals surface area contributed by atoms with Crippen LogP contribution in [-0.4, -0.2) is 11.2 Å². The lowest BCUT2D eigenvalue weighted by Gasteiger charge is -2.38. The zero-order valence-electron chi connectivity index (χ0n) is 10.5. The first-order valence-electron chi connectivity index (χ1n) is 6.33. The van der Waals surface area contributed by atoms with E-state index in [4.69, 9.17) is 0 Å². The van der Waals surface area contributed by atoms with Crippen molar-refractivity contribution in [1.82, 2.24) is 0 Å². The molecule has 1 aromatic rings. The van der Waals surface area contributed by atoms with Gasteiger partial charge in [-0.3, -0.25) is 0 Å². The molecule has 1 aromatic carbocycles. The Morgan fingerprint density at radius 2 is 2.06 bits per heavy atom. The zero-order valence-corrected chi connectivity index (χ0v) is 10.5. The van der Waals surface area contributed by atoms with Crippen LogP contribution in [0.4, 0.5) is 0 Å². The molecule has 2 rings (SSSR count). The molecule has 1 heteroatoms. The van der Waals surface area contributed by atoms with Gasteiger partial charge < -0.3 is 5.11 Å². The van der Waals surface area contributed by atoms with Crippen LogP contribution in [0.5, 0.6) is 0 Å². The summed E-state index contributed by atoms with van der Waals surface area (Å²) >= 11 is 0. The minimum atomic E-state index is -0.183. The second-order valence-electron chi connectivity index (χ2n) is 5.59. The van der Waals surface area contributed by atoms with Crippen LogP contribution in [0.1, 0.15) is 57.1 Å². The topological polar surface area (TPSA) is 20.2 Å². The minimum absolute atomic E-state index is 0.183. The summed E-state index contributed by atoms with van der Waals surface area (Å²) in [6.07, 6.45) is 2.95. The summed E-state index contributed by atoms with van der Waals surface area (Å²) in [6.45, 7) is 6.67. The molecular weight excluding hydrogens is 196 g/mol. The van der Waals surface area contributed by atoms with E-state index in [2.05, 4.69) is 45.0 Å². The molecule has 1 aliphatic carbocycles. The van der Waals surface area contributed by atoms with Gasteiger partial charge in [0.2, 0.25) is 0 Å². The summed E-state index contributed by atoms with van der Waals surface area (Å²) in [5, 5.41) is 10.1. The molecule has 0 aromatic heterocycles. The molecule has 0 amide bonds. The fourth-order valence-electron chi connectivity index (χ4n) is 2.93. The van der Waals surface area contributed by atoms with E-state index in [1.165, 1.54) is 17.5 Å². The van der Waals surface area contributed by atoms with Crippen LogP contribution >= 0.6 is 0 Å². The Morgan fingerprint density at radius 3 is 2.75 bits per heavy atom. The fourth-order valence-corrected chi connectivity index (χ4v) is 2.93. The number of aliphatic hydroxyl groups is 1. The van der Waals surface area contributed by atoms with Gasteiger partial charge in [0, 0.05) is 5.92 Å². The first kappa shape index (κ1) is 11.7. The molecule has 0 spiro atoms. The van der Waals surface area contributed by atoms with Crippen LogP contribution in [-0.2, 0) is 5.41 Å². The predicted molar refractivity (Wildman–Crippen MR) is 67.7 cm³/mol. The molecule has 0 radical (unpaired) electrons. The van der Waals surface area contributed by atoms with E-state index in [0.29, 0.717) is 5.92 Å². The summed E-state index contributed by atoms with van der Waals surface area (Å²) in [7, 11) is 0. The Balaban J connectivity index is 2.43. The van der Waals surface area contributed by atoms with Crippen LogP contribution in [0.25, 0.3) is 0 Å². The van der Waals surface area contributed by atoms with Crippen LogP contribution < -0.4 is 0 Å². The largest absolute Gasteiger partial charge is 0.393 e. The molecule has 0 aliphatic heterocycles. The monoisotopic (exact) mass is 218 g/mol. The third-order valence-corrected chi connectivity index (χ3v) is 4.05. The Labute approximate surface area is 98.5 Å². The van der Waals surface area contributed by atoms with Crippen molar-refractivity contribution < 1.29 is 5.11 Å². The van der Waals surface area contributed by atoms with Gasteiger partial charge in [-0.1, -0.05) is 45.0 Å². The van der Waals surface area contributed by atoms with Gasteiger partial charge in [-0.15, -0.1) is 0 Å². The minimum Gasteiger partial charge on any atom is -0.393 e. The van der Waals surface area contributed by atoms with Gasteiger partial charge in [-0.2, -0.15) is 0 Å². The number of hydrogen-bond donors (Lipinski definition) is 1. The molecule has 0 saturated carbocycles. The number of benzene rings is 1. The van der Waals surface area contributed by atoms with Crippen molar-refractivity contribution in [3.63, 3.8) is 0 Å². The summed E-state index contributed by atoms with van der Waals surface area (Å²) in [5.74, 6) is 0.342. The number of hydrogen-bond acceptors (Lipinski definition) is 1. The number of fused-ring (bicyclic) bond motifs is 1. The van der Waals surface area contributed by atoms with Gasteiger partial charge in [0.05, 0.1) is 6.10 Å². The Hall–Kier alpha value is -0.820. The molecule has 2 atom stereocenters. The van der Waals surface area contributed by atoms with E-state index in [0.717, 1.165) is 12.8 Å². The summed E-state index contributed by atoms with van der Waals surface area (Å²) in [6, 6.07) is 8.63. The third-order valence-electron chi connectivity index (χ3n) is 4.05. The van der Waals surface area contributed by atoms with Crippen molar-refractivity contribution in [2.75, 3.05) is 0 Å². The van der Waals surface area contributed by atoms with Crippen molar-refractivity contribution >= 4 is 0 Å². The molecule has 16 heavy (non-hydrogen) atoms. The Kier molecular flexibility index (Phi) is 3.07. The van der Waals surface area contributed by atoms with Crippen LogP contribution in [0, 0.1) is 0 Å². The first-order chi connectivity index (χ1) is 7.56. The van der Waals surface area contributed by atoms with E-state index in [-0.39, 0.29) is 11.5 Å². The molecule has 1 nitrogen and oxygen atoms in total. The van der Waals surface area contributed by atoms with E-state index in [1.807, 2.05) is 0 Å². The summed E-state index contributed by atoms with van der Waals surface area (Å²) < 4.78 is 0. The van der Waals surface area contributed by atoms with Crippen molar-refractivity contribution in [3.8, 4) is 0 Å². The van der Waals surface area contributed by atoms with Gasteiger partial charge >= 0.3 is 0 Å². The number of aliphatic hydroxyl groups excluding tert-OH is 1. The molecule has 1 N–H and O–H groups in total. The Bertz CT molecular complexity index is 367. The normalized spacial score (nSPS) is 24.9. The van der Waals surface area contributed by atoms with E-state index < -0.39 is 0 Å². The summed E-state index contributed by atoms with van der Waals surface area (Å²) in [4.78, 5) is 0. The lowest BCUT2D eigenvalue weighted by Crippen LogP contribution is -2.31. The molecule has 88 valence electrons. The first-order valence-corrected chi connectivity index (χ1v) is 6.33. The molecule has 0 heterocycles. The highest BCUT2D eigenvalue weighted by Crippen LogP contribution is 2.44. The molecule has 0 fully saturated rings. The fraction of sp³-hybridized carbons (Fsp3) is 0.600. The average molecular weight is 218 g/mol. The van der Waals surface area contributed by atoms with Crippen molar-refractivity contribution in [3.05, 3.63) is 35.4 Å². The highest BCUT2D eigenvalue weighted by Gasteiger charge is 2.34. The van der Waals surface area contributed by atoms with Gasteiger partial charge in [-0.05, 0) is 35.8 Å². The molecule has 0 saturated heterocycles. The molecule has 2 unspecified atom stereocenters. The molecule has 1 aliphatic rings. The van der Waals surface area contributed by atoms with Crippen LogP contribution in [0.3, 0.4) is 0 Å². The maximum atomic E-state index is 10.1. The van der Waals surface area contributed by atoms with Crippen molar-refractivity contribution in [2.24, 2.45) is 0 Å². The lowest BCUT2D eigenvalue weighted by molar-refractivity contribution is 0.124. The quantitative estimate of drug-likeness (QED) is 0.804. The van der Waals surface area contributed by atoms with E-state index >= 15 is 0 Å². The lowest BCUT2D eigenvalue weighted by atomic mass is 9.67.